The zero-order valence-corrected chi connectivity index (χ0v) is 10.2. The van der Waals surface area contributed by atoms with Crippen molar-refractivity contribution in [3.63, 3.8) is 0 Å². The first-order valence-corrected chi connectivity index (χ1v) is 5.69. The Hall–Kier alpha value is -2.24. The molecule has 94 valence electrons. The molecule has 6 heteroatoms. The van der Waals surface area contributed by atoms with Crippen LogP contribution < -0.4 is 14.2 Å². The first-order valence-electron chi connectivity index (χ1n) is 5.69. The van der Waals surface area contributed by atoms with Crippen LogP contribution in [0.1, 0.15) is 6.92 Å². The largest absolute Gasteiger partial charge is 0.496 e. The van der Waals surface area contributed by atoms with Crippen molar-refractivity contribution >= 4 is 0 Å². The van der Waals surface area contributed by atoms with Gasteiger partial charge in [-0.3, -0.25) is 0 Å². The van der Waals surface area contributed by atoms with E-state index in [0.717, 1.165) is 17.9 Å². The second kappa shape index (κ2) is 4.21. The topological polar surface area (TPSA) is 58.4 Å². The third-order valence-corrected chi connectivity index (χ3v) is 2.85. The van der Waals surface area contributed by atoms with Crippen LogP contribution in [0.4, 0.5) is 0 Å². The van der Waals surface area contributed by atoms with Gasteiger partial charge in [0.25, 0.3) is 0 Å². The van der Waals surface area contributed by atoms with Crippen LogP contribution >= 0.6 is 0 Å². The Bertz CT molecular complexity index is 580. The van der Waals surface area contributed by atoms with Crippen LogP contribution in [-0.2, 0) is 6.54 Å². The molecule has 0 N–H and O–H groups in total. The number of hydrogen-bond donors (Lipinski definition) is 0. The molecule has 0 amide bonds. The Morgan fingerprint density at radius 1 is 1.33 bits per heavy atom. The Kier molecular flexibility index (Phi) is 2.55. The third-order valence-electron chi connectivity index (χ3n) is 2.85. The van der Waals surface area contributed by atoms with Gasteiger partial charge in [0.1, 0.15) is 12.1 Å². The summed E-state index contributed by atoms with van der Waals surface area (Å²) in [5.41, 5.74) is 0.848. The molecular formula is C12H13N3O3. The Labute approximate surface area is 104 Å². The van der Waals surface area contributed by atoms with Crippen molar-refractivity contribution in [3.05, 3.63) is 18.5 Å². The third kappa shape index (κ3) is 1.57. The lowest BCUT2D eigenvalue weighted by Crippen LogP contribution is -2.01. The predicted octanol–water partition coefficient (Wildman–Crippen LogP) is 1.70. The fourth-order valence-electron chi connectivity index (χ4n) is 1.97. The van der Waals surface area contributed by atoms with Gasteiger partial charge in [0.2, 0.25) is 6.79 Å². The number of aryl methyl sites for hydroxylation is 1. The summed E-state index contributed by atoms with van der Waals surface area (Å²) in [6, 6.07) is 3.68. The van der Waals surface area contributed by atoms with Crippen LogP contribution in [0.25, 0.3) is 11.4 Å². The molecule has 0 atom stereocenters. The SMILES string of the molecule is CCn1ncnc1-c1cc2c(cc1OC)OCO2. The summed E-state index contributed by atoms with van der Waals surface area (Å²) in [7, 11) is 1.62. The van der Waals surface area contributed by atoms with Gasteiger partial charge < -0.3 is 14.2 Å². The van der Waals surface area contributed by atoms with Gasteiger partial charge in [-0.2, -0.15) is 5.10 Å². The number of aromatic nitrogens is 3. The summed E-state index contributed by atoms with van der Waals surface area (Å²) < 4.78 is 17.9. The van der Waals surface area contributed by atoms with Crippen molar-refractivity contribution in [2.24, 2.45) is 0 Å². The summed E-state index contributed by atoms with van der Waals surface area (Å²) in [6.45, 7) is 2.99. The van der Waals surface area contributed by atoms with Crippen molar-refractivity contribution < 1.29 is 14.2 Å². The zero-order chi connectivity index (χ0) is 12.5. The van der Waals surface area contributed by atoms with Crippen molar-refractivity contribution in [3.8, 4) is 28.6 Å². The summed E-state index contributed by atoms with van der Waals surface area (Å²) >= 11 is 0. The van der Waals surface area contributed by atoms with Gasteiger partial charge in [0, 0.05) is 12.6 Å². The highest BCUT2D eigenvalue weighted by Gasteiger charge is 2.21. The van der Waals surface area contributed by atoms with Gasteiger partial charge in [-0.1, -0.05) is 0 Å². The van der Waals surface area contributed by atoms with Crippen LogP contribution in [0.15, 0.2) is 18.5 Å². The van der Waals surface area contributed by atoms with Crippen LogP contribution in [0.2, 0.25) is 0 Å². The average Bonchev–Trinajstić information content (AvgIpc) is 3.04. The zero-order valence-electron chi connectivity index (χ0n) is 10.2. The monoisotopic (exact) mass is 247 g/mol. The van der Waals surface area contributed by atoms with Gasteiger partial charge in [-0.05, 0) is 13.0 Å². The maximum Gasteiger partial charge on any atom is 0.231 e. The Morgan fingerprint density at radius 3 is 2.83 bits per heavy atom. The lowest BCUT2D eigenvalue weighted by molar-refractivity contribution is 0.174. The number of ether oxygens (including phenoxy) is 3. The molecule has 2 heterocycles. The molecule has 0 unspecified atom stereocenters. The Morgan fingerprint density at radius 2 is 2.11 bits per heavy atom. The summed E-state index contributed by atoms with van der Waals surface area (Å²) in [6.07, 6.45) is 1.53. The van der Waals surface area contributed by atoms with Crippen LogP contribution in [0.5, 0.6) is 17.2 Å². The average molecular weight is 247 g/mol. The molecule has 0 bridgehead atoms. The van der Waals surface area contributed by atoms with E-state index in [4.69, 9.17) is 14.2 Å². The molecule has 2 aromatic rings. The quantitative estimate of drug-likeness (QED) is 0.826. The highest BCUT2D eigenvalue weighted by atomic mass is 16.7. The first-order chi connectivity index (χ1) is 8.83. The fourth-order valence-corrected chi connectivity index (χ4v) is 1.97. The second-order valence-electron chi connectivity index (χ2n) is 3.81. The summed E-state index contributed by atoms with van der Waals surface area (Å²) in [4.78, 5) is 4.27. The van der Waals surface area contributed by atoms with E-state index < -0.39 is 0 Å². The number of rotatable bonds is 3. The van der Waals surface area contributed by atoms with E-state index in [1.807, 2.05) is 19.1 Å². The van der Waals surface area contributed by atoms with Crippen molar-refractivity contribution in [1.82, 2.24) is 14.8 Å². The molecule has 6 nitrogen and oxygen atoms in total. The highest BCUT2D eigenvalue weighted by Crippen LogP contribution is 2.41. The maximum absolute atomic E-state index is 5.38. The minimum absolute atomic E-state index is 0.239. The van der Waals surface area contributed by atoms with E-state index >= 15 is 0 Å². The van der Waals surface area contributed by atoms with E-state index in [9.17, 15) is 0 Å². The molecule has 3 rings (SSSR count). The molecule has 1 aromatic heterocycles. The minimum atomic E-state index is 0.239. The van der Waals surface area contributed by atoms with Gasteiger partial charge in [0.15, 0.2) is 17.3 Å². The van der Waals surface area contributed by atoms with Gasteiger partial charge in [-0.25, -0.2) is 9.67 Å². The molecule has 1 aromatic carbocycles. The van der Waals surface area contributed by atoms with Gasteiger partial charge >= 0.3 is 0 Å². The smallest absolute Gasteiger partial charge is 0.231 e. The Balaban J connectivity index is 2.16. The first kappa shape index (κ1) is 10.9. The molecule has 0 fully saturated rings. The van der Waals surface area contributed by atoms with E-state index in [1.165, 1.54) is 6.33 Å². The molecule has 1 aliphatic rings. The number of nitrogens with zero attached hydrogens (tertiary/aromatic N) is 3. The summed E-state index contributed by atoms with van der Waals surface area (Å²) in [5, 5.41) is 4.16. The van der Waals surface area contributed by atoms with Crippen LogP contribution in [0.3, 0.4) is 0 Å². The number of benzene rings is 1. The van der Waals surface area contributed by atoms with Crippen molar-refractivity contribution in [1.29, 1.82) is 0 Å². The second-order valence-corrected chi connectivity index (χ2v) is 3.81. The normalized spacial score (nSPS) is 12.8. The van der Waals surface area contributed by atoms with Gasteiger partial charge in [-0.15, -0.1) is 0 Å². The van der Waals surface area contributed by atoms with Crippen LogP contribution in [-0.4, -0.2) is 28.7 Å². The number of methoxy groups -OCH3 is 1. The lowest BCUT2D eigenvalue weighted by atomic mass is 10.1. The molecule has 18 heavy (non-hydrogen) atoms. The maximum atomic E-state index is 5.38. The molecule has 0 saturated carbocycles. The number of fused-ring (bicyclic) bond motifs is 1. The highest BCUT2D eigenvalue weighted by molar-refractivity contribution is 5.70. The summed E-state index contributed by atoms with van der Waals surface area (Å²) in [5.74, 6) is 2.85. The molecular weight excluding hydrogens is 234 g/mol. The van der Waals surface area contributed by atoms with Gasteiger partial charge in [0.05, 0.1) is 12.7 Å². The minimum Gasteiger partial charge on any atom is -0.496 e. The molecule has 0 spiro atoms. The van der Waals surface area contributed by atoms with E-state index in [0.29, 0.717) is 17.2 Å². The fraction of sp³-hybridized carbons (Fsp3) is 0.333. The lowest BCUT2D eigenvalue weighted by Gasteiger charge is -2.09. The predicted molar refractivity (Wildman–Crippen MR) is 63.8 cm³/mol. The molecule has 1 aliphatic heterocycles. The van der Waals surface area contributed by atoms with Crippen molar-refractivity contribution in [2.75, 3.05) is 13.9 Å². The number of hydrogen-bond acceptors (Lipinski definition) is 5. The van der Waals surface area contributed by atoms with E-state index in [2.05, 4.69) is 10.1 Å². The molecule has 0 aliphatic carbocycles. The van der Waals surface area contributed by atoms with Crippen molar-refractivity contribution in [2.45, 2.75) is 13.5 Å². The molecule has 0 radical (unpaired) electrons. The standard InChI is InChI=1S/C12H13N3O3/c1-3-15-12(13-6-14-15)8-4-10-11(18-7-17-10)5-9(8)16-2/h4-6H,3,7H2,1-2H3. The molecule has 0 saturated heterocycles. The van der Waals surface area contributed by atoms with Crippen LogP contribution in [0, 0.1) is 0 Å². The van der Waals surface area contributed by atoms with E-state index in [-0.39, 0.29) is 6.79 Å². The van der Waals surface area contributed by atoms with E-state index in [1.54, 1.807) is 11.8 Å².